The molecule has 0 aromatic heterocycles. The molecule has 0 aromatic rings. The van der Waals surface area contributed by atoms with E-state index in [9.17, 15) is 0 Å². The topological polar surface area (TPSA) is 4.44 Å². The molecule has 2 saturated carbocycles. The highest BCUT2D eigenvalue weighted by atomic mass is 15.2. The predicted molar refractivity (Wildman–Crippen MR) is 81.3 cm³/mol. The maximum Gasteiger partial charge on any atom is 0.0903 e. The minimum Gasteiger partial charge on any atom is -0.332 e. The van der Waals surface area contributed by atoms with Gasteiger partial charge in [0.15, 0.2) is 0 Å². The van der Waals surface area contributed by atoms with Crippen LogP contribution in [0.5, 0.6) is 0 Å². The van der Waals surface area contributed by atoms with Crippen LogP contribution >= 0.6 is 0 Å². The first-order valence-electron chi connectivity index (χ1n) is 9.07. The third-order valence-corrected chi connectivity index (χ3v) is 6.33. The number of likely N-dealkylation sites (tertiary alicyclic amines) is 1. The first kappa shape index (κ1) is 13.9. The van der Waals surface area contributed by atoms with E-state index in [0.29, 0.717) is 0 Å². The molecule has 1 N–H and O–H groups in total. The summed E-state index contributed by atoms with van der Waals surface area (Å²) in [6.07, 6.45) is 13.7. The maximum absolute atomic E-state index is 2.48. The van der Waals surface area contributed by atoms with E-state index in [1.807, 2.05) is 4.90 Å². The highest BCUT2D eigenvalue weighted by Gasteiger charge is 2.38. The van der Waals surface area contributed by atoms with Gasteiger partial charge in [-0.1, -0.05) is 20.3 Å². The summed E-state index contributed by atoms with van der Waals surface area (Å²) in [6, 6.07) is 1.05. The highest BCUT2D eigenvalue weighted by molar-refractivity contribution is 4.79. The molecule has 110 valence electrons. The quantitative estimate of drug-likeness (QED) is 0.780. The van der Waals surface area contributed by atoms with Crippen molar-refractivity contribution >= 4 is 0 Å². The van der Waals surface area contributed by atoms with Crippen molar-refractivity contribution < 1.29 is 4.90 Å². The van der Waals surface area contributed by atoms with E-state index in [2.05, 4.69) is 13.8 Å². The number of piperidine rings is 1. The largest absolute Gasteiger partial charge is 0.332 e. The molecular formula is C18H34N+. The van der Waals surface area contributed by atoms with E-state index in [0.717, 1.165) is 29.7 Å². The zero-order chi connectivity index (χ0) is 13.2. The Kier molecular flexibility index (Phi) is 4.51. The van der Waals surface area contributed by atoms with Crippen LogP contribution in [-0.4, -0.2) is 19.1 Å². The highest BCUT2D eigenvalue weighted by Crippen LogP contribution is 2.33. The van der Waals surface area contributed by atoms with Gasteiger partial charge in [-0.3, -0.25) is 0 Å². The van der Waals surface area contributed by atoms with Gasteiger partial charge in [-0.15, -0.1) is 0 Å². The Morgan fingerprint density at radius 1 is 0.842 bits per heavy atom. The summed E-state index contributed by atoms with van der Waals surface area (Å²) >= 11 is 0. The van der Waals surface area contributed by atoms with Gasteiger partial charge in [0.2, 0.25) is 0 Å². The molecule has 1 aliphatic heterocycles. The summed E-state index contributed by atoms with van der Waals surface area (Å²) in [5.41, 5.74) is 0. The van der Waals surface area contributed by atoms with Crippen LogP contribution in [0.2, 0.25) is 0 Å². The molecule has 1 heteroatoms. The van der Waals surface area contributed by atoms with E-state index in [-0.39, 0.29) is 0 Å². The van der Waals surface area contributed by atoms with Crippen molar-refractivity contribution in [1.82, 2.24) is 0 Å². The lowest BCUT2D eigenvalue weighted by molar-refractivity contribution is -0.939. The average Bonchev–Trinajstić information content (AvgIpc) is 2.38. The molecule has 0 amide bonds. The van der Waals surface area contributed by atoms with Gasteiger partial charge in [0.25, 0.3) is 0 Å². The fourth-order valence-corrected chi connectivity index (χ4v) is 5.77. The second-order valence-electron chi connectivity index (χ2n) is 8.19. The van der Waals surface area contributed by atoms with E-state index in [1.54, 1.807) is 12.8 Å². The van der Waals surface area contributed by atoms with Gasteiger partial charge in [-0.25, -0.2) is 0 Å². The molecule has 0 bridgehead atoms. The summed E-state index contributed by atoms with van der Waals surface area (Å²) in [6.45, 7) is 7.96. The number of quaternary nitrogens is 1. The Morgan fingerprint density at radius 2 is 1.53 bits per heavy atom. The lowest BCUT2D eigenvalue weighted by Crippen LogP contribution is -3.18. The third kappa shape index (κ3) is 3.35. The fraction of sp³-hybridized carbons (Fsp3) is 1.00. The Morgan fingerprint density at radius 3 is 2.32 bits per heavy atom. The number of hydrogen-bond donors (Lipinski definition) is 1. The number of hydrogen-bond acceptors (Lipinski definition) is 0. The molecule has 3 rings (SSSR count). The van der Waals surface area contributed by atoms with Crippen LogP contribution in [0.3, 0.4) is 0 Å². The standard InChI is InChI=1S/C18H33N/c1-14-10-15(2)12-16(11-14)13-19-9-5-7-17-6-3-4-8-18(17)19/h14-18H,3-13H2,1-2H3/p+1. The Balaban J connectivity index is 1.58. The summed E-state index contributed by atoms with van der Waals surface area (Å²) in [5.74, 6) is 4.10. The first-order chi connectivity index (χ1) is 9.22. The van der Waals surface area contributed by atoms with Gasteiger partial charge in [-0.2, -0.15) is 0 Å². The molecule has 2 aliphatic carbocycles. The molecule has 1 saturated heterocycles. The molecule has 0 aromatic carbocycles. The predicted octanol–water partition coefficient (Wildman–Crippen LogP) is 3.30. The van der Waals surface area contributed by atoms with Crippen LogP contribution in [0, 0.1) is 23.7 Å². The zero-order valence-corrected chi connectivity index (χ0v) is 13.2. The molecule has 1 nitrogen and oxygen atoms in total. The Hall–Kier alpha value is -0.0400. The molecule has 1 heterocycles. The summed E-state index contributed by atoms with van der Waals surface area (Å²) in [5, 5.41) is 0. The van der Waals surface area contributed by atoms with Crippen molar-refractivity contribution in [2.45, 2.75) is 77.7 Å². The van der Waals surface area contributed by atoms with Crippen LogP contribution < -0.4 is 4.90 Å². The van der Waals surface area contributed by atoms with Crippen LogP contribution in [0.15, 0.2) is 0 Å². The van der Waals surface area contributed by atoms with Crippen molar-refractivity contribution in [3.63, 3.8) is 0 Å². The van der Waals surface area contributed by atoms with Crippen molar-refractivity contribution in [3.05, 3.63) is 0 Å². The first-order valence-corrected chi connectivity index (χ1v) is 9.07. The second kappa shape index (κ2) is 6.16. The maximum atomic E-state index is 2.48. The molecule has 3 aliphatic rings. The number of nitrogens with one attached hydrogen (secondary N) is 1. The molecule has 5 atom stereocenters. The van der Waals surface area contributed by atoms with Crippen LogP contribution in [0.25, 0.3) is 0 Å². The van der Waals surface area contributed by atoms with Gasteiger partial charge in [0, 0.05) is 11.8 Å². The van der Waals surface area contributed by atoms with E-state index in [4.69, 9.17) is 0 Å². The van der Waals surface area contributed by atoms with Gasteiger partial charge in [0.1, 0.15) is 0 Å². The normalized spacial score (nSPS) is 47.7. The lowest BCUT2D eigenvalue weighted by Gasteiger charge is -2.43. The van der Waals surface area contributed by atoms with Crippen molar-refractivity contribution in [3.8, 4) is 0 Å². The van der Waals surface area contributed by atoms with Crippen molar-refractivity contribution in [1.29, 1.82) is 0 Å². The van der Waals surface area contributed by atoms with Crippen LogP contribution in [0.4, 0.5) is 0 Å². The Bertz CT molecular complexity index is 275. The molecule has 0 radical (unpaired) electrons. The Labute approximate surface area is 120 Å². The minimum atomic E-state index is 0.986. The monoisotopic (exact) mass is 264 g/mol. The summed E-state index contributed by atoms with van der Waals surface area (Å²) in [7, 11) is 0. The lowest BCUT2D eigenvalue weighted by atomic mass is 9.74. The molecule has 0 spiro atoms. The minimum absolute atomic E-state index is 0.986. The number of rotatable bonds is 2. The van der Waals surface area contributed by atoms with Crippen molar-refractivity contribution in [2.75, 3.05) is 13.1 Å². The van der Waals surface area contributed by atoms with Gasteiger partial charge in [-0.05, 0) is 63.2 Å². The summed E-state index contributed by atoms with van der Waals surface area (Å²) < 4.78 is 0. The molecule has 5 unspecified atom stereocenters. The van der Waals surface area contributed by atoms with Crippen molar-refractivity contribution in [2.24, 2.45) is 23.7 Å². The third-order valence-electron chi connectivity index (χ3n) is 6.33. The van der Waals surface area contributed by atoms with Gasteiger partial charge >= 0.3 is 0 Å². The fourth-order valence-electron chi connectivity index (χ4n) is 5.77. The number of fused-ring (bicyclic) bond motifs is 1. The van der Waals surface area contributed by atoms with Crippen LogP contribution in [-0.2, 0) is 0 Å². The van der Waals surface area contributed by atoms with E-state index < -0.39 is 0 Å². The SMILES string of the molecule is CC1CC(C)CC(C[NH+]2CCCC3CCCCC32)C1. The summed E-state index contributed by atoms with van der Waals surface area (Å²) in [4.78, 5) is 2.02. The van der Waals surface area contributed by atoms with Crippen LogP contribution in [0.1, 0.15) is 71.6 Å². The molecular weight excluding hydrogens is 230 g/mol. The van der Waals surface area contributed by atoms with E-state index in [1.165, 1.54) is 58.0 Å². The van der Waals surface area contributed by atoms with Gasteiger partial charge < -0.3 is 4.90 Å². The van der Waals surface area contributed by atoms with E-state index >= 15 is 0 Å². The smallest absolute Gasteiger partial charge is 0.0903 e. The zero-order valence-electron chi connectivity index (χ0n) is 13.2. The molecule has 19 heavy (non-hydrogen) atoms. The molecule has 3 fully saturated rings. The van der Waals surface area contributed by atoms with Gasteiger partial charge in [0.05, 0.1) is 19.1 Å². The average molecular weight is 264 g/mol. The second-order valence-corrected chi connectivity index (χ2v) is 8.19.